The molecule has 0 saturated carbocycles. The van der Waals surface area contributed by atoms with Crippen molar-refractivity contribution in [1.29, 1.82) is 0 Å². The van der Waals surface area contributed by atoms with Gasteiger partial charge in [-0.2, -0.15) is 0 Å². The Morgan fingerprint density at radius 3 is 2.02 bits per heavy atom. The fourth-order valence-electron chi connectivity index (χ4n) is 6.67. The number of aromatic nitrogens is 3. The Bertz CT molecular complexity index is 2280. The molecule has 0 aliphatic carbocycles. The van der Waals surface area contributed by atoms with Crippen molar-refractivity contribution in [2.45, 2.75) is 0 Å². The molecule has 4 heteroatoms. The molecule has 196 valence electrons. The fourth-order valence-corrected chi connectivity index (χ4v) is 6.67. The average Bonchev–Trinajstić information content (AvgIpc) is 3.38. The molecule has 1 aliphatic heterocycles. The van der Waals surface area contributed by atoms with Crippen molar-refractivity contribution in [3.63, 3.8) is 0 Å². The van der Waals surface area contributed by atoms with Crippen LogP contribution in [0.1, 0.15) is 0 Å². The molecule has 1 aliphatic rings. The van der Waals surface area contributed by atoms with Crippen LogP contribution in [0.3, 0.4) is 0 Å². The third kappa shape index (κ3) is 3.29. The third-order valence-electron chi connectivity index (χ3n) is 8.46. The SMILES string of the molecule is c1ccc(-c2ccc3c(c2)c2cc4c(cc2n3-c2ccccc2)N(c2cncnc2)c2cccc3cccc-4c23)cc1. The Hall–Kier alpha value is -5.74. The van der Waals surface area contributed by atoms with Gasteiger partial charge in [0.2, 0.25) is 0 Å². The molecule has 0 fully saturated rings. The fraction of sp³-hybridized carbons (Fsp3) is 0. The van der Waals surface area contributed by atoms with E-state index in [2.05, 4.69) is 147 Å². The lowest BCUT2D eigenvalue weighted by Crippen LogP contribution is -2.15. The second kappa shape index (κ2) is 8.88. The van der Waals surface area contributed by atoms with E-state index < -0.39 is 0 Å². The van der Waals surface area contributed by atoms with Gasteiger partial charge in [0.25, 0.3) is 0 Å². The summed E-state index contributed by atoms with van der Waals surface area (Å²) in [6, 6.07) is 46.0. The molecular weight excluding hydrogens is 512 g/mol. The maximum absolute atomic E-state index is 4.40. The molecule has 0 unspecified atom stereocenters. The first-order valence-corrected chi connectivity index (χ1v) is 14.2. The van der Waals surface area contributed by atoms with E-state index in [1.807, 2.05) is 12.4 Å². The monoisotopic (exact) mass is 536 g/mol. The molecule has 8 aromatic rings. The lowest BCUT2D eigenvalue weighted by atomic mass is 9.90. The van der Waals surface area contributed by atoms with Crippen molar-refractivity contribution in [3.8, 4) is 27.9 Å². The number of hydrogen-bond acceptors (Lipinski definition) is 3. The lowest BCUT2D eigenvalue weighted by molar-refractivity contribution is 1.13. The van der Waals surface area contributed by atoms with Gasteiger partial charge >= 0.3 is 0 Å². The predicted octanol–water partition coefficient (Wildman–Crippen LogP) is 9.84. The zero-order chi connectivity index (χ0) is 27.6. The van der Waals surface area contributed by atoms with Crippen LogP contribution in [0, 0.1) is 0 Å². The molecule has 0 radical (unpaired) electrons. The molecule has 0 N–H and O–H groups in total. The Kier molecular flexibility index (Phi) is 4.87. The van der Waals surface area contributed by atoms with E-state index in [9.17, 15) is 0 Å². The summed E-state index contributed by atoms with van der Waals surface area (Å²) in [5.74, 6) is 0. The van der Waals surface area contributed by atoms with Gasteiger partial charge in [0.1, 0.15) is 6.33 Å². The highest BCUT2D eigenvalue weighted by Crippen LogP contribution is 2.52. The highest BCUT2D eigenvalue weighted by molar-refractivity contribution is 6.19. The minimum absolute atomic E-state index is 0.939. The van der Waals surface area contributed by atoms with Crippen molar-refractivity contribution in [3.05, 3.63) is 146 Å². The van der Waals surface area contributed by atoms with Crippen molar-refractivity contribution >= 4 is 49.6 Å². The number of para-hydroxylation sites is 1. The summed E-state index contributed by atoms with van der Waals surface area (Å²) in [6.45, 7) is 0. The van der Waals surface area contributed by atoms with Crippen molar-refractivity contribution in [2.24, 2.45) is 0 Å². The van der Waals surface area contributed by atoms with Crippen LogP contribution in [0.5, 0.6) is 0 Å². The summed E-state index contributed by atoms with van der Waals surface area (Å²) in [5, 5.41) is 4.92. The lowest BCUT2D eigenvalue weighted by Gasteiger charge is -2.33. The maximum atomic E-state index is 4.40. The van der Waals surface area contributed by atoms with Gasteiger partial charge in [-0.25, -0.2) is 9.97 Å². The van der Waals surface area contributed by atoms with Gasteiger partial charge in [0, 0.05) is 27.4 Å². The van der Waals surface area contributed by atoms with Gasteiger partial charge in [-0.05, 0) is 64.5 Å². The highest BCUT2D eigenvalue weighted by atomic mass is 15.2. The van der Waals surface area contributed by atoms with Crippen LogP contribution in [0.25, 0.3) is 60.5 Å². The number of nitrogens with zero attached hydrogens (tertiary/aromatic N) is 4. The van der Waals surface area contributed by atoms with Crippen LogP contribution in [-0.2, 0) is 0 Å². The van der Waals surface area contributed by atoms with Crippen LogP contribution >= 0.6 is 0 Å². The molecule has 6 aromatic carbocycles. The third-order valence-corrected chi connectivity index (χ3v) is 8.46. The molecule has 4 nitrogen and oxygen atoms in total. The molecule has 0 spiro atoms. The predicted molar refractivity (Wildman–Crippen MR) is 173 cm³/mol. The van der Waals surface area contributed by atoms with E-state index >= 15 is 0 Å². The van der Waals surface area contributed by atoms with E-state index in [0.717, 1.165) is 28.3 Å². The molecule has 3 heterocycles. The van der Waals surface area contributed by atoms with Gasteiger partial charge in [-0.1, -0.05) is 84.9 Å². The minimum atomic E-state index is 0.939. The summed E-state index contributed by atoms with van der Waals surface area (Å²) < 4.78 is 2.39. The Morgan fingerprint density at radius 2 is 1.21 bits per heavy atom. The van der Waals surface area contributed by atoms with E-state index in [4.69, 9.17) is 0 Å². The standard InChI is InChI=1S/C38H24N4/c1-3-9-25(10-4-1)27-17-18-34-31(19-27)33-20-32-30-15-7-11-26-12-8-16-35(38(26)30)42(29-22-39-24-40-23-29)36(32)21-37(33)41(34)28-13-5-2-6-14-28/h1-24H. The first-order valence-electron chi connectivity index (χ1n) is 14.2. The molecule has 0 saturated heterocycles. The zero-order valence-corrected chi connectivity index (χ0v) is 22.6. The molecule has 42 heavy (non-hydrogen) atoms. The van der Waals surface area contributed by atoms with E-state index in [0.29, 0.717) is 0 Å². The highest BCUT2D eigenvalue weighted by Gasteiger charge is 2.28. The smallest absolute Gasteiger partial charge is 0.115 e. The number of anilines is 3. The van der Waals surface area contributed by atoms with E-state index in [1.165, 1.54) is 49.3 Å². The Morgan fingerprint density at radius 1 is 0.476 bits per heavy atom. The first-order chi connectivity index (χ1) is 20.8. The van der Waals surface area contributed by atoms with Gasteiger partial charge in [0.15, 0.2) is 0 Å². The number of benzene rings is 6. The largest absolute Gasteiger partial charge is 0.309 e. The van der Waals surface area contributed by atoms with Gasteiger partial charge < -0.3 is 9.47 Å². The average molecular weight is 537 g/mol. The van der Waals surface area contributed by atoms with Crippen LogP contribution < -0.4 is 4.90 Å². The normalized spacial score (nSPS) is 12.2. The first kappa shape index (κ1) is 23.0. The molecule has 9 rings (SSSR count). The molecule has 0 bridgehead atoms. The second-order valence-corrected chi connectivity index (χ2v) is 10.8. The molecule has 0 atom stereocenters. The van der Waals surface area contributed by atoms with Crippen LogP contribution in [0.4, 0.5) is 17.1 Å². The van der Waals surface area contributed by atoms with E-state index in [1.54, 1.807) is 6.33 Å². The number of fused-ring (bicyclic) bond motifs is 5. The summed E-state index contributed by atoms with van der Waals surface area (Å²) in [7, 11) is 0. The van der Waals surface area contributed by atoms with Crippen molar-refractivity contribution < 1.29 is 0 Å². The summed E-state index contributed by atoms with van der Waals surface area (Å²) >= 11 is 0. The van der Waals surface area contributed by atoms with Crippen LogP contribution in [0.15, 0.2) is 146 Å². The van der Waals surface area contributed by atoms with Crippen molar-refractivity contribution in [1.82, 2.24) is 14.5 Å². The van der Waals surface area contributed by atoms with Crippen LogP contribution in [0.2, 0.25) is 0 Å². The quantitative estimate of drug-likeness (QED) is 0.225. The molecule has 0 amide bonds. The Labute approximate surface area is 242 Å². The van der Waals surface area contributed by atoms with Gasteiger partial charge in [-0.15, -0.1) is 0 Å². The Balaban J connectivity index is 1.43. The number of hydrogen-bond donors (Lipinski definition) is 0. The maximum Gasteiger partial charge on any atom is 0.115 e. The topological polar surface area (TPSA) is 34.0 Å². The summed E-state index contributed by atoms with van der Waals surface area (Å²) in [4.78, 5) is 11.1. The van der Waals surface area contributed by atoms with E-state index in [-0.39, 0.29) is 0 Å². The van der Waals surface area contributed by atoms with Crippen LogP contribution in [-0.4, -0.2) is 14.5 Å². The van der Waals surface area contributed by atoms with Gasteiger partial charge in [-0.3, -0.25) is 0 Å². The molecule has 2 aromatic heterocycles. The number of rotatable bonds is 3. The second-order valence-electron chi connectivity index (χ2n) is 10.8. The van der Waals surface area contributed by atoms with Gasteiger partial charge in [0.05, 0.1) is 40.5 Å². The van der Waals surface area contributed by atoms with Crippen molar-refractivity contribution in [2.75, 3.05) is 4.90 Å². The summed E-state index contributed by atoms with van der Waals surface area (Å²) in [5.41, 5.74) is 11.5. The zero-order valence-electron chi connectivity index (χ0n) is 22.6. The summed E-state index contributed by atoms with van der Waals surface area (Å²) in [6.07, 6.45) is 5.38. The molecular formula is C38H24N4. The minimum Gasteiger partial charge on any atom is -0.309 e.